The third kappa shape index (κ3) is 3.75. The van der Waals surface area contributed by atoms with Crippen LogP contribution >= 0.6 is 0 Å². The fourth-order valence-electron chi connectivity index (χ4n) is 1.43. The predicted octanol–water partition coefficient (Wildman–Crippen LogP) is 1.99. The first-order chi connectivity index (χ1) is 7.27. The fourth-order valence-corrected chi connectivity index (χ4v) is 1.43. The molecule has 4 heteroatoms. The van der Waals surface area contributed by atoms with E-state index in [9.17, 15) is 0 Å². The van der Waals surface area contributed by atoms with Crippen molar-refractivity contribution < 1.29 is 0 Å². The fraction of sp³-hybridized carbons (Fsp3) is 0.545. The molecule has 0 bridgehead atoms. The van der Waals surface area contributed by atoms with Crippen LogP contribution in [0.25, 0.3) is 0 Å². The molecule has 1 aromatic heterocycles. The molecular formula is C11H20N4. The standard InChI is InChI=1S/C11H20N4/c1-3-4-5-9-15(2)11-8-6-7-10(13-11)14-12/h6-8H,3-5,9,12H2,1-2H3,(H,13,14). The van der Waals surface area contributed by atoms with Gasteiger partial charge in [0.25, 0.3) is 0 Å². The Morgan fingerprint density at radius 3 is 2.87 bits per heavy atom. The van der Waals surface area contributed by atoms with Crippen molar-refractivity contribution >= 4 is 11.6 Å². The Hall–Kier alpha value is -1.29. The lowest BCUT2D eigenvalue weighted by Gasteiger charge is -2.18. The number of nitrogens with one attached hydrogen (secondary N) is 1. The Labute approximate surface area is 91.5 Å². The number of pyridine rings is 1. The van der Waals surface area contributed by atoms with E-state index in [1.165, 1.54) is 19.3 Å². The Morgan fingerprint density at radius 2 is 2.20 bits per heavy atom. The number of nitrogen functional groups attached to an aromatic ring is 1. The largest absolute Gasteiger partial charge is 0.360 e. The van der Waals surface area contributed by atoms with Gasteiger partial charge in [0.1, 0.15) is 11.6 Å². The van der Waals surface area contributed by atoms with Crippen LogP contribution in [0, 0.1) is 0 Å². The summed E-state index contributed by atoms with van der Waals surface area (Å²) in [6, 6.07) is 5.80. The van der Waals surface area contributed by atoms with Gasteiger partial charge in [-0.05, 0) is 18.6 Å². The maximum absolute atomic E-state index is 5.31. The van der Waals surface area contributed by atoms with Crippen molar-refractivity contribution in [3.63, 3.8) is 0 Å². The predicted molar refractivity (Wildman–Crippen MR) is 64.8 cm³/mol. The summed E-state index contributed by atoms with van der Waals surface area (Å²) in [4.78, 5) is 6.51. The van der Waals surface area contributed by atoms with Crippen LogP contribution in [0.2, 0.25) is 0 Å². The number of anilines is 2. The minimum Gasteiger partial charge on any atom is -0.360 e. The van der Waals surface area contributed by atoms with Crippen LogP contribution in [0.15, 0.2) is 18.2 Å². The number of unbranched alkanes of at least 4 members (excludes halogenated alkanes) is 2. The van der Waals surface area contributed by atoms with E-state index < -0.39 is 0 Å². The molecule has 0 atom stereocenters. The van der Waals surface area contributed by atoms with Gasteiger partial charge in [0.15, 0.2) is 0 Å². The molecule has 0 aliphatic carbocycles. The van der Waals surface area contributed by atoms with Gasteiger partial charge in [-0.1, -0.05) is 25.8 Å². The minimum absolute atomic E-state index is 0.704. The monoisotopic (exact) mass is 208 g/mol. The normalized spacial score (nSPS) is 10.1. The molecule has 0 aliphatic heterocycles. The van der Waals surface area contributed by atoms with Crippen molar-refractivity contribution in [1.29, 1.82) is 0 Å². The molecule has 15 heavy (non-hydrogen) atoms. The second-order valence-corrected chi connectivity index (χ2v) is 3.65. The first-order valence-corrected chi connectivity index (χ1v) is 5.42. The smallest absolute Gasteiger partial charge is 0.142 e. The zero-order chi connectivity index (χ0) is 11.1. The summed E-state index contributed by atoms with van der Waals surface area (Å²) >= 11 is 0. The van der Waals surface area contributed by atoms with Gasteiger partial charge in [0.2, 0.25) is 0 Å². The Balaban J connectivity index is 2.52. The number of nitrogens with zero attached hydrogens (tertiary/aromatic N) is 2. The average molecular weight is 208 g/mol. The molecule has 0 saturated carbocycles. The highest BCUT2D eigenvalue weighted by atomic mass is 15.3. The maximum Gasteiger partial charge on any atom is 0.142 e. The number of aromatic nitrogens is 1. The summed E-state index contributed by atoms with van der Waals surface area (Å²) in [6.07, 6.45) is 3.71. The van der Waals surface area contributed by atoms with E-state index in [1.807, 2.05) is 18.2 Å². The Bertz CT molecular complexity index is 288. The van der Waals surface area contributed by atoms with Crippen molar-refractivity contribution in [2.24, 2.45) is 5.84 Å². The third-order valence-corrected chi connectivity index (χ3v) is 2.37. The van der Waals surface area contributed by atoms with Gasteiger partial charge in [0, 0.05) is 13.6 Å². The van der Waals surface area contributed by atoms with Crippen molar-refractivity contribution in [1.82, 2.24) is 4.98 Å². The van der Waals surface area contributed by atoms with E-state index in [0.717, 1.165) is 12.4 Å². The molecule has 0 aliphatic rings. The third-order valence-electron chi connectivity index (χ3n) is 2.37. The highest BCUT2D eigenvalue weighted by Gasteiger charge is 2.02. The van der Waals surface area contributed by atoms with E-state index in [2.05, 4.69) is 29.3 Å². The molecule has 0 aromatic carbocycles. The number of hydrogen-bond donors (Lipinski definition) is 2. The lowest BCUT2D eigenvalue weighted by molar-refractivity contribution is 0.701. The van der Waals surface area contributed by atoms with Gasteiger partial charge < -0.3 is 10.3 Å². The maximum atomic E-state index is 5.31. The van der Waals surface area contributed by atoms with Crippen LogP contribution < -0.4 is 16.2 Å². The number of hydrogen-bond acceptors (Lipinski definition) is 4. The van der Waals surface area contributed by atoms with E-state index >= 15 is 0 Å². The Kier molecular flexibility index (Phi) is 4.90. The Morgan fingerprint density at radius 1 is 1.40 bits per heavy atom. The molecule has 0 radical (unpaired) electrons. The molecule has 0 spiro atoms. The molecule has 0 saturated heterocycles. The lowest BCUT2D eigenvalue weighted by atomic mass is 10.2. The summed E-state index contributed by atoms with van der Waals surface area (Å²) in [5.74, 6) is 6.97. The van der Waals surface area contributed by atoms with Crippen LogP contribution in [-0.2, 0) is 0 Å². The number of rotatable bonds is 6. The van der Waals surface area contributed by atoms with Crippen LogP contribution in [-0.4, -0.2) is 18.6 Å². The highest BCUT2D eigenvalue weighted by Crippen LogP contribution is 2.12. The van der Waals surface area contributed by atoms with Crippen molar-refractivity contribution in [2.45, 2.75) is 26.2 Å². The van der Waals surface area contributed by atoms with Gasteiger partial charge >= 0.3 is 0 Å². The summed E-state index contributed by atoms with van der Waals surface area (Å²) in [5, 5.41) is 0. The summed E-state index contributed by atoms with van der Waals surface area (Å²) < 4.78 is 0. The molecule has 0 amide bonds. The first kappa shape index (κ1) is 11.8. The summed E-state index contributed by atoms with van der Waals surface area (Å²) in [5.41, 5.74) is 2.55. The van der Waals surface area contributed by atoms with Crippen LogP contribution in [0.1, 0.15) is 26.2 Å². The molecule has 1 aromatic rings. The minimum atomic E-state index is 0.704. The second kappa shape index (κ2) is 6.24. The van der Waals surface area contributed by atoms with Gasteiger partial charge in [-0.15, -0.1) is 0 Å². The van der Waals surface area contributed by atoms with Gasteiger partial charge in [-0.2, -0.15) is 0 Å². The van der Waals surface area contributed by atoms with E-state index in [1.54, 1.807) is 0 Å². The molecule has 1 rings (SSSR count). The molecular weight excluding hydrogens is 188 g/mol. The van der Waals surface area contributed by atoms with Crippen molar-refractivity contribution in [3.8, 4) is 0 Å². The van der Waals surface area contributed by atoms with Gasteiger partial charge in [0.05, 0.1) is 0 Å². The number of hydrazine groups is 1. The molecule has 3 N–H and O–H groups in total. The van der Waals surface area contributed by atoms with E-state index in [-0.39, 0.29) is 0 Å². The molecule has 4 nitrogen and oxygen atoms in total. The lowest BCUT2D eigenvalue weighted by Crippen LogP contribution is -2.20. The van der Waals surface area contributed by atoms with Crippen LogP contribution in [0.4, 0.5) is 11.6 Å². The second-order valence-electron chi connectivity index (χ2n) is 3.65. The SMILES string of the molecule is CCCCCN(C)c1cccc(NN)n1. The molecule has 0 fully saturated rings. The summed E-state index contributed by atoms with van der Waals surface area (Å²) in [6.45, 7) is 3.24. The topological polar surface area (TPSA) is 54.2 Å². The zero-order valence-electron chi connectivity index (χ0n) is 9.53. The van der Waals surface area contributed by atoms with Gasteiger partial charge in [-0.3, -0.25) is 0 Å². The van der Waals surface area contributed by atoms with Crippen molar-refractivity contribution in [3.05, 3.63) is 18.2 Å². The molecule has 1 heterocycles. The quantitative estimate of drug-likeness (QED) is 0.426. The van der Waals surface area contributed by atoms with Gasteiger partial charge in [-0.25, -0.2) is 10.8 Å². The highest BCUT2D eigenvalue weighted by molar-refractivity contribution is 5.45. The molecule has 84 valence electrons. The first-order valence-electron chi connectivity index (χ1n) is 5.42. The summed E-state index contributed by atoms with van der Waals surface area (Å²) in [7, 11) is 2.05. The van der Waals surface area contributed by atoms with E-state index in [4.69, 9.17) is 5.84 Å². The average Bonchev–Trinajstić information content (AvgIpc) is 2.29. The number of nitrogens with two attached hydrogens (primary N) is 1. The van der Waals surface area contributed by atoms with Crippen molar-refractivity contribution in [2.75, 3.05) is 23.9 Å². The molecule has 0 unspecified atom stereocenters. The van der Waals surface area contributed by atoms with Crippen LogP contribution in [0.5, 0.6) is 0 Å². The zero-order valence-corrected chi connectivity index (χ0v) is 9.53. The van der Waals surface area contributed by atoms with E-state index in [0.29, 0.717) is 5.82 Å². The van der Waals surface area contributed by atoms with Crippen LogP contribution in [0.3, 0.4) is 0 Å².